The molecule has 2 amide bonds. The van der Waals surface area contributed by atoms with Gasteiger partial charge < -0.3 is 9.64 Å². The molecule has 2 aromatic carbocycles. The molecule has 6 heteroatoms. The summed E-state index contributed by atoms with van der Waals surface area (Å²) in [6.45, 7) is 4.48. The molecule has 2 aromatic rings. The Hall–Kier alpha value is -3.15. The number of piperazine rings is 1. The number of carbonyl (C=O) groups excluding carboxylic acids is 2. The summed E-state index contributed by atoms with van der Waals surface area (Å²) in [5, 5.41) is 2.47. The SMILES string of the molecule is COc1ccc(CN2/C(=C\c3ccc(F)cc3)C(=O)NC(=O)[C@@H]2CC(C)C)cc1. The number of hydrogen-bond acceptors (Lipinski definition) is 4. The monoisotopic (exact) mass is 396 g/mol. The van der Waals surface area contributed by atoms with Gasteiger partial charge in [0.25, 0.3) is 5.91 Å². The first-order valence-corrected chi connectivity index (χ1v) is 9.59. The van der Waals surface area contributed by atoms with Gasteiger partial charge in [-0.2, -0.15) is 0 Å². The molecule has 1 fully saturated rings. The molecule has 152 valence electrons. The van der Waals surface area contributed by atoms with E-state index in [1.807, 2.05) is 43.0 Å². The van der Waals surface area contributed by atoms with E-state index >= 15 is 0 Å². The lowest BCUT2D eigenvalue weighted by Crippen LogP contribution is -2.56. The van der Waals surface area contributed by atoms with Crippen molar-refractivity contribution >= 4 is 17.9 Å². The van der Waals surface area contributed by atoms with Gasteiger partial charge in [-0.1, -0.05) is 38.1 Å². The van der Waals surface area contributed by atoms with Crippen LogP contribution >= 0.6 is 0 Å². The van der Waals surface area contributed by atoms with E-state index in [9.17, 15) is 14.0 Å². The molecule has 0 saturated carbocycles. The Kier molecular flexibility index (Phi) is 6.32. The van der Waals surface area contributed by atoms with Crippen LogP contribution in [0.4, 0.5) is 4.39 Å². The zero-order valence-electron chi connectivity index (χ0n) is 16.8. The standard InChI is InChI=1S/C23H25FN2O3/c1-15(2)12-20-22(27)25-23(28)21(13-16-4-8-18(24)9-5-16)26(20)14-17-6-10-19(29-3)11-7-17/h4-11,13,15,20H,12,14H2,1-3H3,(H,25,27,28)/b21-13-/t20-/m0/s1. The highest BCUT2D eigenvalue weighted by molar-refractivity contribution is 6.10. The molecule has 0 spiro atoms. The molecular weight excluding hydrogens is 371 g/mol. The van der Waals surface area contributed by atoms with Crippen LogP contribution in [-0.2, 0) is 16.1 Å². The van der Waals surface area contributed by atoms with Crippen LogP contribution in [0.5, 0.6) is 5.75 Å². The molecular formula is C23H25FN2O3. The van der Waals surface area contributed by atoms with Crippen LogP contribution in [-0.4, -0.2) is 29.9 Å². The molecule has 0 aromatic heterocycles. The minimum atomic E-state index is -0.471. The topological polar surface area (TPSA) is 58.6 Å². The van der Waals surface area contributed by atoms with E-state index in [0.717, 1.165) is 11.3 Å². The third-order valence-electron chi connectivity index (χ3n) is 4.84. The minimum Gasteiger partial charge on any atom is -0.497 e. The van der Waals surface area contributed by atoms with Crippen molar-refractivity contribution in [2.75, 3.05) is 7.11 Å². The molecule has 1 aliphatic rings. The first kappa shape index (κ1) is 20.6. The van der Waals surface area contributed by atoms with E-state index in [1.54, 1.807) is 25.3 Å². The summed E-state index contributed by atoms with van der Waals surface area (Å²) < 4.78 is 18.5. The van der Waals surface area contributed by atoms with Gasteiger partial charge in [0.05, 0.1) is 7.11 Å². The van der Waals surface area contributed by atoms with Crippen LogP contribution in [0.3, 0.4) is 0 Å². The first-order chi connectivity index (χ1) is 13.9. The summed E-state index contributed by atoms with van der Waals surface area (Å²) in [6.07, 6.45) is 2.30. The minimum absolute atomic E-state index is 0.268. The molecule has 0 aliphatic carbocycles. The number of imide groups is 1. The molecule has 0 bridgehead atoms. The quantitative estimate of drug-likeness (QED) is 0.597. The van der Waals surface area contributed by atoms with E-state index in [0.29, 0.717) is 24.2 Å². The van der Waals surface area contributed by atoms with Crippen molar-refractivity contribution < 1.29 is 18.7 Å². The van der Waals surface area contributed by atoms with Gasteiger partial charge in [-0.05, 0) is 53.8 Å². The lowest BCUT2D eigenvalue weighted by molar-refractivity contribution is -0.137. The maximum atomic E-state index is 13.3. The van der Waals surface area contributed by atoms with Crippen molar-refractivity contribution in [1.82, 2.24) is 10.2 Å². The number of hydrogen-bond donors (Lipinski definition) is 1. The highest BCUT2D eigenvalue weighted by Crippen LogP contribution is 2.26. The molecule has 0 unspecified atom stereocenters. The fraction of sp³-hybridized carbons (Fsp3) is 0.304. The van der Waals surface area contributed by atoms with Crippen molar-refractivity contribution in [2.24, 2.45) is 5.92 Å². The number of nitrogens with one attached hydrogen (secondary N) is 1. The number of carbonyl (C=O) groups is 2. The van der Waals surface area contributed by atoms with Gasteiger partial charge in [-0.25, -0.2) is 4.39 Å². The Morgan fingerprint density at radius 1 is 1.10 bits per heavy atom. The van der Waals surface area contributed by atoms with Gasteiger partial charge in [0.1, 0.15) is 23.3 Å². The van der Waals surface area contributed by atoms with E-state index in [4.69, 9.17) is 4.74 Å². The van der Waals surface area contributed by atoms with E-state index in [-0.39, 0.29) is 17.6 Å². The van der Waals surface area contributed by atoms with Crippen LogP contribution in [0.2, 0.25) is 0 Å². The summed E-state index contributed by atoms with van der Waals surface area (Å²) in [5.41, 5.74) is 2.03. The van der Waals surface area contributed by atoms with Crippen LogP contribution in [0.15, 0.2) is 54.2 Å². The highest BCUT2D eigenvalue weighted by atomic mass is 19.1. The van der Waals surface area contributed by atoms with Gasteiger partial charge in [0.2, 0.25) is 5.91 Å². The molecule has 1 saturated heterocycles. The van der Waals surface area contributed by atoms with Crippen molar-refractivity contribution in [3.63, 3.8) is 0 Å². The van der Waals surface area contributed by atoms with Crippen LogP contribution in [0.25, 0.3) is 6.08 Å². The Labute approximate surface area is 170 Å². The lowest BCUT2D eigenvalue weighted by Gasteiger charge is -2.38. The van der Waals surface area contributed by atoms with Gasteiger partial charge in [-0.15, -0.1) is 0 Å². The molecule has 5 nitrogen and oxygen atoms in total. The predicted molar refractivity (Wildman–Crippen MR) is 109 cm³/mol. The average Bonchev–Trinajstić information content (AvgIpc) is 2.69. The summed E-state index contributed by atoms with van der Waals surface area (Å²) in [7, 11) is 1.60. The fourth-order valence-corrected chi connectivity index (χ4v) is 3.37. The number of halogens is 1. The summed E-state index contributed by atoms with van der Waals surface area (Å²) in [4.78, 5) is 27.1. The Morgan fingerprint density at radius 2 is 1.76 bits per heavy atom. The van der Waals surface area contributed by atoms with Crippen LogP contribution < -0.4 is 10.1 Å². The summed E-state index contributed by atoms with van der Waals surface area (Å²) in [5.74, 6) is -0.0871. The Morgan fingerprint density at radius 3 is 2.34 bits per heavy atom. The van der Waals surface area contributed by atoms with Crippen molar-refractivity contribution in [2.45, 2.75) is 32.9 Å². The maximum absolute atomic E-state index is 13.3. The first-order valence-electron chi connectivity index (χ1n) is 9.59. The second kappa shape index (κ2) is 8.90. The van der Waals surface area contributed by atoms with Crippen molar-refractivity contribution in [1.29, 1.82) is 0 Å². The lowest BCUT2D eigenvalue weighted by atomic mass is 9.97. The number of nitrogens with zero attached hydrogens (tertiary/aromatic N) is 1. The highest BCUT2D eigenvalue weighted by Gasteiger charge is 2.37. The number of ether oxygens (including phenoxy) is 1. The molecule has 1 N–H and O–H groups in total. The number of amides is 2. The Bertz CT molecular complexity index is 905. The maximum Gasteiger partial charge on any atom is 0.274 e. The zero-order chi connectivity index (χ0) is 21.0. The number of benzene rings is 2. The predicted octanol–water partition coefficient (Wildman–Crippen LogP) is 3.75. The smallest absolute Gasteiger partial charge is 0.274 e. The normalized spacial score (nSPS) is 18.3. The largest absolute Gasteiger partial charge is 0.497 e. The molecule has 3 rings (SSSR count). The second-order valence-electron chi connectivity index (χ2n) is 7.52. The van der Waals surface area contributed by atoms with Crippen LogP contribution in [0.1, 0.15) is 31.4 Å². The van der Waals surface area contributed by atoms with E-state index in [1.165, 1.54) is 12.1 Å². The van der Waals surface area contributed by atoms with E-state index < -0.39 is 11.9 Å². The van der Waals surface area contributed by atoms with Gasteiger partial charge >= 0.3 is 0 Å². The van der Waals surface area contributed by atoms with Gasteiger partial charge in [-0.3, -0.25) is 14.9 Å². The van der Waals surface area contributed by atoms with Crippen molar-refractivity contribution in [3.05, 3.63) is 71.2 Å². The third-order valence-corrected chi connectivity index (χ3v) is 4.84. The molecule has 1 atom stereocenters. The second-order valence-corrected chi connectivity index (χ2v) is 7.52. The van der Waals surface area contributed by atoms with Gasteiger partial charge in [0.15, 0.2) is 0 Å². The zero-order valence-corrected chi connectivity index (χ0v) is 16.8. The van der Waals surface area contributed by atoms with Crippen molar-refractivity contribution in [3.8, 4) is 5.75 Å². The molecule has 1 aliphatic heterocycles. The summed E-state index contributed by atoms with van der Waals surface area (Å²) >= 11 is 0. The number of methoxy groups -OCH3 is 1. The fourth-order valence-electron chi connectivity index (χ4n) is 3.37. The average molecular weight is 396 g/mol. The third kappa shape index (κ3) is 5.02. The molecule has 29 heavy (non-hydrogen) atoms. The molecule has 0 radical (unpaired) electrons. The summed E-state index contributed by atoms with van der Waals surface area (Å²) in [6, 6.07) is 13.0. The molecule has 1 heterocycles. The Balaban J connectivity index is 1.99. The van der Waals surface area contributed by atoms with E-state index in [2.05, 4.69) is 5.32 Å². The van der Waals surface area contributed by atoms with Crippen LogP contribution in [0, 0.1) is 11.7 Å². The number of rotatable bonds is 6. The van der Waals surface area contributed by atoms with Gasteiger partial charge in [0, 0.05) is 6.54 Å².